The highest BCUT2D eigenvalue weighted by Gasteiger charge is 2.14. The molecule has 2 rings (SSSR count). The van der Waals surface area contributed by atoms with Crippen molar-refractivity contribution >= 4 is 32.9 Å². The van der Waals surface area contributed by atoms with Crippen LogP contribution in [0.5, 0.6) is 0 Å². The number of halogens is 1. The fraction of sp³-hybridized carbons (Fsp3) is 0.250. The predicted octanol–water partition coefficient (Wildman–Crippen LogP) is 3.50. The minimum atomic E-state index is -0.344. The summed E-state index contributed by atoms with van der Waals surface area (Å²) >= 11 is 3.32. The number of para-hydroxylation sites is 1. The van der Waals surface area contributed by atoms with Crippen LogP contribution in [0.1, 0.15) is 23.0 Å². The molecule has 0 bridgehead atoms. The molecule has 1 heterocycles. The molecule has 3 nitrogen and oxygen atoms in total. The minimum absolute atomic E-state index is 0.344. The van der Waals surface area contributed by atoms with Crippen LogP contribution >= 0.6 is 15.9 Å². The van der Waals surface area contributed by atoms with Crippen molar-refractivity contribution in [3.8, 4) is 0 Å². The number of furan rings is 1. The van der Waals surface area contributed by atoms with Gasteiger partial charge in [-0.3, -0.25) is 0 Å². The van der Waals surface area contributed by atoms with Gasteiger partial charge in [-0.2, -0.15) is 0 Å². The molecule has 0 saturated heterocycles. The Bertz CT molecular complexity index is 516. The molecule has 1 aromatic heterocycles. The first-order valence-corrected chi connectivity index (χ1v) is 6.13. The zero-order valence-corrected chi connectivity index (χ0v) is 10.4. The summed E-state index contributed by atoms with van der Waals surface area (Å²) in [7, 11) is 0. The second-order valence-electron chi connectivity index (χ2n) is 3.29. The average Bonchev–Trinajstić information content (AvgIpc) is 2.71. The van der Waals surface area contributed by atoms with Crippen molar-refractivity contribution < 1.29 is 13.9 Å². The van der Waals surface area contributed by atoms with Gasteiger partial charge in [-0.1, -0.05) is 28.1 Å². The molecule has 0 N–H and O–H groups in total. The first-order valence-electron chi connectivity index (χ1n) is 5.00. The number of rotatable bonds is 3. The molecule has 0 aliphatic heterocycles. The molecule has 0 saturated carbocycles. The SMILES string of the molecule is CCOC(=O)c1cccc2cc(CBr)oc12. The third-order valence-corrected chi connectivity index (χ3v) is 2.77. The second-order valence-corrected chi connectivity index (χ2v) is 3.85. The van der Waals surface area contributed by atoms with Crippen molar-refractivity contribution in [2.45, 2.75) is 12.3 Å². The highest BCUT2D eigenvalue weighted by Crippen LogP contribution is 2.24. The van der Waals surface area contributed by atoms with E-state index in [1.54, 1.807) is 13.0 Å². The number of carbonyl (C=O) groups excluding carboxylic acids is 1. The second kappa shape index (κ2) is 4.70. The van der Waals surface area contributed by atoms with E-state index < -0.39 is 0 Å². The van der Waals surface area contributed by atoms with Gasteiger partial charge in [-0.25, -0.2) is 4.79 Å². The van der Waals surface area contributed by atoms with Gasteiger partial charge in [-0.05, 0) is 19.1 Å². The van der Waals surface area contributed by atoms with Crippen LogP contribution in [-0.4, -0.2) is 12.6 Å². The van der Waals surface area contributed by atoms with E-state index in [2.05, 4.69) is 15.9 Å². The average molecular weight is 283 g/mol. The van der Waals surface area contributed by atoms with Gasteiger partial charge < -0.3 is 9.15 Å². The van der Waals surface area contributed by atoms with Gasteiger partial charge in [0.15, 0.2) is 0 Å². The Morgan fingerprint density at radius 1 is 1.50 bits per heavy atom. The van der Waals surface area contributed by atoms with Crippen molar-refractivity contribution in [2.75, 3.05) is 6.61 Å². The molecular formula is C12H11BrO3. The quantitative estimate of drug-likeness (QED) is 0.639. The molecule has 2 aromatic rings. The monoisotopic (exact) mass is 282 g/mol. The van der Waals surface area contributed by atoms with Crippen LogP contribution in [0, 0.1) is 0 Å². The topological polar surface area (TPSA) is 39.4 Å². The molecule has 0 atom stereocenters. The molecular weight excluding hydrogens is 272 g/mol. The smallest absolute Gasteiger partial charge is 0.341 e. The van der Waals surface area contributed by atoms with Gasteiger partial charge >= 0.3 is 5.97 Å². The molecule has 0 fully saturated rings. The van der Waals surface area contributed by atoms with Crippen molar-refractivity contribution in [3.63, 3.8) is 0 Å². The molecule has 0 aliphatic carbocycles. The van der Waals surface area contributed by atoms with Crippen LogP contribution in [-0.2, 0) is 10.1 Å². The van der Waals surface area contributed by atoms with Gasteiger partial charge in [0, 0.05) is 5.39 Å². The third-order valence-electron chi connectivity index (χ3n) is 2.22. The van der Waals surface area contributed by atoms with Crippen LogP contribution in [0.3, 0.4) is 0 Å². The van der Waals surface area contributed by atoms with E-state index in [0.717, 1.165) is 11.1 Å². The van der Waals surface area contributed by atoms with Crippen LogP contribution in [0.15, 0.2) is 28.7 Å². The Morgan fingerprint density at radius 2 is 2.31 bits per heavy atom. The highest BCUT2D eigenvalue weighted by atomic mass is 79.9. The predicted molar refractivity (Wildman–Crippen MR) is 64.8 cm³/mol. The van der Waals surface area contributed by atoms with Gasteiger partial charge in [0.1, 0.15) is 16.9 Å². The van der Waals surface area contributed by atoms with Gasteiger partial charge in [0.2, 0.25) is 0 Å². The van der Waals surface area contributed by atoms with E-state index in [0.29, 0.717) is 23.1 Å². The Morgan fingerprint density at radius 3 is 3.00 bits per heavy atom. The lowest BCUT2D eigenvalue weighted by atomic mass is 10.1. The summed E-state index contributed by atoms with van der Waals surface area (Å²) in [5.41, 5.74) is 1.07. The number of hydrogen-bond acceptors (Lipinski definition) is 3. The summed E-state index contributed by atoms with van der Waals surface area (Å²) in [5, 5.41) is 1.55. The van der Waals surface area contributed by atoms with Crippen LogP contribution in [0.2, 0.25) is 0 Å². The zero-order valence-electron chi connectivity index (χ0n) is 8.83. The third kappa shape index (κ3) is 1.97. The first-order chi connectivity index (χ1) is 7.76. The number of hydrogen-bond donors (Lipinski definition) is 0. The lowest BCUT2D eigenvalue weighted by molar-refractivity contribution is 0.0527. The van der Waals surface area contributed by atoms with Crippen molar-refractivity contribution in [1.82, 2.24) is 0 Å². The Labute approximate surface area is 102 Å². The van der Waals surface area contributed by atoms with Crippen molar-refractivity contribution in [3.05, 3.63) is 35.6 Å². The number of ether oxygens (including phenoxy) is 1. The fourth-order valence-electron chi connectivity index (χ4n) is 1.55. The van der Waals surface area contributed by atoms with Crippen LogP contribution in [0.4, 0.5) is 0 Å². The Kier molecular flexibility index (Phi) is 3.29. The number of benzene rings is 1. The fourth-order valence-corrected chi connectivity index (χ4v) is 1.83. The van der Waals surface area contributed by atoms with E-state index in [9.17, 15) is 4.79 Å². The molecule has 0 aliphatic rings. The molecule has 1 aromatic carbocycles. The number of carbonyl (C=O) groups is 1. The van der Waals surface area contributed by atoms with Crippen LogP contribution < -0.4 is 0 Å². The molecule has 0 amide bonds. The minimum Gasteiger partial charge on any atom is -0.462 e. The summed E-state index contributed by atoms with van der Waals surface area (Å²) in [6, 6.07) is 7.35. The first kappa shape index (κ1) is 11.2. The molecule has 0 radical (unpaired) electrons. The summed E-state index contributed by atoms with van der Waals surface area (Å²) in [6.45, 7) is 2.14. The lowest BCUT2D eigenvalue weighted by Gasteiger charge is -2.01. The summed E-state index contributed by atoms with van der Waals surface area (Å²) in [6.07, 6.45) is 0. The summed E-state index contributed by atoms with van der Waals surface area (Å²) in [4.78, 5) is 11.7. The molecule has 0 unspecified atom stereocenters. The van der Waals surface area contributed by atoms with Crippen LogP contribution in [0.25, 0.3) is 11.0 Å². The molecule has 0 spiro atoms. The van der Waals surface area contributed by atoms with Crippen molar-refractivity contribution in [2.24, 2.45) is 0 Å². The number of alkyl halides is 1. The van der Waals surface area contributed by atoms with E-state index in [4.69, 9.17) is 9.15 Å². The summed E-state index contributed by atoms with van der Waals surface area (Å²) in [5.74, 6) is 0.454. The normalized spacial score (nSPS) is 10.6. The van der Waals surface area contributed by atoms with E-state index in [1.165, 1.54) is 0 Å². The summed E-state index contributed by atoms with van der Waals surface area (Å²) < 4.78 is 10.5. The number of esters is 1. The Hall–Kier alpha value is -1.29. The van der Waals surface area contributed by atoms with Gasteiger partial charge in [0.05, 0.1) is 11.9 Å². The highest BCUT2D eigenvalue weighted by molar-refractivity contribution is 9.08. The van der Waals surface area contributed by atoms with E-state index >= 15 is 0 Å². The molecule has 16 heavy (non-hydrogen) atoms. The van der Waals surface area contributed by atoms with Crippen molar-refractivity contribution in [1.29, 1.82) is 0 Å². The van der Waals surface area contributed by atoms with E-state index in [1.807, 2.05) is 18.2 Å². The maximum Gasteiger partial charge on any atom is 0.341 e. The standard InChI is InChI=1S/C12H11BrO3/c1-2-15-12(14)10-5-3-4-8-6-9(7-13)16-11(8)10/h3-6H,2,7H2,1H3. The largest absolute Gasteiger partial charge is 0.462 e. The molecule has 84 valence electrons. The molecule has 4 heteroatoms. The van der Waals surface area contributed by atoms with E-state index in [-0.39, 0.29) is 5.97 Å². The van der Waals surface area contributed by atoms with Gasteiger partial charge in [-0.15, -0.1) is 0 Å². The Balaban J connectivity index is 2.52. The maximum absolute atomic E-state index is 11.7. The zero-order chi connectivity index (χ0) is 11.5. The maximum atomic E-state index is 11.7. The van der Waals surface area contributed by atoms with Gasteiger partial charge in [0.25, 0.3) is 0 Å². The lowest BCUT2D eigenvalue weighted by Crippen LogP contribution is -2.04. The number of fused-ring (bicyclic) bond motifs is 1.